The second-order valence-corrected chi connectivity index (χ2v) is 5.51. The summed E-state index contributed by atoms with van der Waals surface area (Å²) in [6.07, 6.45) is 0. The summed E-state index contributed by atoms with van der Waals surface area (Å²) in [5.41, 5.74) is 3.04. The molecule has 0 bridgehead atoms. The van der Waals surface area contributed by atoms with Gasteiger partial charge in [0.1, 0.15) is 0 Å². The molecule has 0 aliphatic carbocycles. The van der Waals surface area contributed by atoms with Gasteiger partial charge in [-0.1, -0.05) is 35.9 Å². The fraction of sp³-hybridized carbons (Fsp3) is 0.235. The van der Waals surface area contributed by atoms with Crippen LogP contribution in [-0.2, 0) is 4.79 Å². The molecule has 21 heavy (non-hydrogen) atoms. The molecule has 0 aromatic heterocycles. The molecule has 0 radical (unpaired) electrons. The van der Waals surface area contributed by atoms with Crippen molar-refractivity contribution >= 4 is 23.2 Å². The van der Waals surface area contributed by atoms with Gasteiger partial charge in [-0.25, -0.2) is 0 Å². The number of hydrogen-bond donors (Lipinski definition) is 2. The van der Waals surface area contributed by atoms with Crippen LogP contribution in [0, 0.1) is 6.92 Å². The predicted octanol–water partition coefficient (Wildman–Crippen LogP) is 3.94. The molecule has 0 aliphatic rings. The monoisotopic (exact) mass is 302 g/mol. The van der Waals surface area contributed by atoms with E-state index in [1.54, 1.807) is 0 Å². The Morgan fingerprint density at radius 2 is 1.90 bits per heavy atom. The van der Waals surface area contributed by atoms with Crippen LogP contribution in [0.1, 0.15) is 24.1 Å². The molecule has 0 saturated carbocycles. The number of carbonyl (C=O) groups is 1. The first-order valence-electron chi connectivity index (χ1n) is 6.90. The highest BCUT2D eigenvalue weighted by Crippen LogP contribution is 2.16. The molecule has 2 aromatic rings. The minimum atomic E-state index is -0.0542. The Bertz CT molecular complexity index is 610. The third-order valence-corrected chi connectivity index (χ3v) is 3.49. The first kappa shape index (κ1) is 15.5. The SMILES string of the molecule is Cc1cccc(NC(=O)CN[C@@H](C)c2ccc(Cl)cc2)c1. The molecule has 2 N–H and O–H groups in total. The molecule has 3 nitrogen and oxygen atoms in total. The molecule has 0 aliphatic heterocycles. The van der Waals surface area contributed by atoms with Gasteiger partial charge in [0.25, 0.3) is 0 Å². The van der Waals surface area contributed by atoms with E-state index in [9.17, 15) is 4.79 Å². The van der Waals surface area contributed by atoms with Crippen LogP contribution in [0.25, 0.3) is 0 Å². The second kappa shape index (κ2) is 7.25. The van der Waals surface area contributed by atoms with Crippen LogP contribution in [0.5, 0.6) is 0 Å². The van der Waals surface area contributed by atoms with Crippen LogP contribution in [0.4, 0.5) is 5.69 Å². The van der Waals surface area contributed by atoms with Crippen molar-refractivity contribution in [2.24, 2.45) is 0 Å². The van der Waals surface area contributed by atoms with E-state index in [2.05, 4.69) is 10.6 Å². The number of nitrogens with one attached hydrogen (secondary N) is 2. The minimum Gasteiger partial charge on any atom is -0.325 e. The van der Waals surface area contributed by atoms with Crippen molar-refractivity contribution in [3.8, 4) is 0 Å². The third kappa shape index (κ3) is 4.88. The maximum absolute atomic E-state index is 11.9. The summed E-state index contributed by atoms with van der Waals surface area (Å²) in [4.78, 5) is 11.9. The second-order valence-electron chi connectivity index (χ2n) is 5.07. The number of anilines is 1. The Kier molecular flexibility index (Phi) is 5.37. The van der Waals surface area contributed by atoms with Crippen molar-refractivity contribution in [2.45, 2.75) is 19.9 Å². The van der Waals surface area contributed by atoms with Gasteiger partial charge in [-0.15, -0.1) is 0 Å². The average molecular weight is 303 g/mol. The van der Waals surface area contributed by atoms with E-state index >= 15 is 0 Å². The molecule has 0 heterocycles. The maximum atomic E-state index is 11.9. The van der Waals surface area contributed by atoms with Crippen molar-refractivity contribution in [1.82, 2.24) is 5.32 Å². The van der Waals surface area contributed by atoms with Crippen molar-refractivity contribution in [2.75, 3.05) is 11.9 Å². The van der Waals surface area contributed by atoms with Crippen LogP contribution in [0.3, 0.4) is 0 Å². The lowest BCUT2D eigenvalue weighted by Crippen LogP contribution is -2.30. The van der Waals surface area contributed by atoms with Crippen LogP contribution in [0.2, 0.25) is 5.02 Å². The maximum Gasteiger partial charge on any atom is 0.238 e. The van der Waals surface area contributed by atoms with Gasteiger partial charge in [-0.2, -0.15) is 0 Å². The van der Waals surface area contributed by atoms with Gasteiger partial charge in [0, 0.05) is 16.8 Å². The molecular weight excluding hydrogens is 284 g/mol. The van der Waals surface area contributed by atoms with Crippen molar-refractivity contribution in [1.29, 1.82) is 0 Å². The summed E-state index contributed by atoms with van der Waals surface area (Å²) in [6, 6.07) is 15.4. The Morgan fingerprint density at radius 3 is 2.57 bits per heavy atom. The fourth-order valence-electron chi connectivity index (χ4n) is 2.04. The molecule has 0 spiro atoms. The van der Waals surface area contributed by atoms with Gasteiger partial charge in [-0.05, 0) is 49.2 Å². The number of carbonyl (C=O) groups excluding carboxylic acids is 1. The highest BCUT2D eigenvalue weighted by atomic mass is 35.5. The number of rotatable bonds is 5. The average Bonchev–Trinajstić information content (AvgIpc) is 2.45. The first-order valence-corrected chi connectivity index (χ1v) is 7.28. The van der Waals surface area contributed by atoms with E-state index in [0.29, 0.717) is 5.02 Å². The molecule has 2 rings (SSSR count). The first-order chi connectivity index (χ1) is 10.0. The molecule has 1 amide bonds. The van der Waals surface area contributed by atoms with Gasteiger partial charge >= 0.3 is 0 Å². The van der Waals surface area contributed by atoms with E-state index < -0.39 is 0 Å². The van der Waals surface area contributed by atoms with E-state index in [4.69, 9.17) is 11.6 Å². The molecule has 4 heteroatoms. The predicted molar refractivity (Wildman–Crippen MR) is 87.7 cm³/mol. The summed E-state index contributed by atoms with van der Waals surface area (Å²) in [7, 11) is 0. The molecule has 0 unspecified atom stereocenters. The summed E-state index contributed by atoms with van der Waals surface area (Å²) in [6.45, 7) is 4.28. The largest absolute Gasteiger partial charge is 0.325 e. The van der Waals surface area contributed by atoms with Crippen LogP contribution in [-0.4, -0.2) is 12.5 Å². The molecule has 0 fully saturated rings. The number of benzene rings is 2. The normalized spacial score (nSPS) is 12.0. The molecule has 2 aromatic carbocycles. The highest BCUT2D eigenvalue weighted by molar-refractivity contribution is 6.30. The van der Waals surface area contributed by atoms with Crippen molar-refractivity contribution in [3.63, 3.8) is 0 Å². The third-order valence-electron chi connectivity index (χ3n) is 3.24. The number of halogens is 1. The van der Waals surface area contributed by atoms with E-state index in [-0.39, 0.29) is 18.5 Å². The lowest BCUT2D eigenvalue weighted by Gasteiger charge is -2.14. The van der Waals surface area contributed by atoms with E-state index in [1.807, 2.05) is 62.4 Å². The molecule has 0 saturated heterocycles. The number of hydrogen-bond acceptors (Lipinski definition) is 2. The minimum absolute atomic E-state index is 0.0542. The van der Waals surface area contributed by atoms with E-state index in [1.165, 1.54) is 0 Å². The molecule has 1 atom stereocenters. The zero-order chi connectivity index (χ0) is 15.2. The summed E-state index contributed by atoms with van der Waals surface area (Å²) >= 11 is 5.86. The van der Waals surface area contributed by atoms with Crippen LogP contribution >= 0.6 is 11.6 Å². The van der Waals surface area contributed by atoms with Gasteiger partial charge < -0.3 is 10.6 Å². The standard InChI is InChI=1S/C17H19ClN2O/c1-12-4-3-5-16(10-12)20-17(21)11-19-13(2)14-6-8-15(18)9-7-14/h3-10,13,19H,11H2,1-2H3,(H,20,21)/t13-/m0/s1. The molecule has 110 valence electrons. The number of amides is 1. The van der Waals surface area contributed by atoms with Gasteiger partial charge in [0.2, 0.25) is 5.91 Å². The van der Waals surface area contributed by atoms with Crippen LogP contribution in [0.15, 0.2) is 48.5 Å². The zero-order valence-electron chi connectivity index (χ0n) is 12.2. The Balaban J connectivity index is 1.84. The smallest absolute Gasteiger partial charge is 0.238 e. The highest BCUT2D eigenvalue weighted by Gasteiger charge is 2.08. The van der Waals surface area contributed by atoms with Gasteiger partial charge in [0.15, 0.2) is 0 Å². The topological polar surface area (TPSA) is 41.1 Å². The van der Waals surface area contributed by atoms with Gasteiger partial charge in [-0.3, -0.25) is 4.79 Å². The van der Waals surface area contributed by atoms with Crippen molar-refractivity contribution in [3.05, 3.63) is 64.7 Å². The summed E-state index contributed by atoms with van der Waals surface area (Å²) in [5.74, 6) is -0.0542. The zero-order valence-corrected chi connectivity index (χ0v) is 12.9. The van der Waals surface area contributed by atoms with E-state index in [0.717, 1.165) is 16.8 Å². The Hall–Kier alpha value is -1.84. The Labute approximate surface area is 130 Å². The quantitative estimate of drug-likeness (QED) is 0.878. The lowest BCUT2D eigenvalue weighted by atomic mass is 10.1. The van der Waals surface area contributed by atoms with Crippen LogP contribution < -0.4 is 10.6 Å². The van der Waals surface area contributed by atoms with Gasteiger partial charge in [0.05, 0.1) is 6.54 Å². The Morgan fingerprint density at radius 1 is 1.19 bits per heavy atom. The molecular formula is C17H19ClN2O. The lowest BCUT2D eigenvalue weighted by molar-refractivity contribution is -0.115. The summed E-state index contributed by atoms with van der Waals surface area (Å²) < 4.78 is 0. The number of aryl methyl sites for hydroxylation is 1. The fourth-order valence-corrected chi connectivity index (χ4v) is 2.17. The summed E-state index contributed by atoms with van der Waals surface area (Å²) in [5, 5.41) is 6.79. The van der Waals surface area contributed by atoms with Crippen molar-refractivity contribution < 1.29 is 4.79 Å².